The lowest BCUT2D eigenvalue weighted by Crippen LogP contribution is -2.41. The number of aliphatic hydroxyl groups excluding tert-OH is 1. The molecular weight excluding hydrogens is 364 g/mol. The molecule has 0 aromatic heterocycles. The van der Waals surface area contributed by atoms with Crippen molar-refractivity contribution < 1.29 is 14.6 Å². The summed E-state index contributed by atoms with van der Waals surface area (Å²) in [6.07, 6.45) is 6.98. The monoisotopic (exact) mass is 402 g/mol. The van der Waals surface area contributed by atoms with Crippen LogP contribution in [-0.4, -0.2) is 80.1 Å². The quantitative estimate of drug-likeness (QED) is 0.724. The first-order chi connectivity index (χ1) is 14.3. The summed E-state index contributed by atoms with van der Waals surface area (Å²) >= 11 is 0. The van der Waals surface area contributed by atoms with E-state index in [-0.39, 0.29) is 6.10 Å². The minimum atomic E-state index is -0.394. The molecular formula is C24H38N2O3. The first-order valence-electron chi connectivity index (χ1n) is 11.7. The molecule has 2 atom stereocenters. The van der Waals surface area contributed by atoms with Crippen LogP contribution < -0.4 is 0 Å². The summed E-state index contributed by atoms with van der Waals surface area (Å²) < 4.78 is 11.6. The Balaban J connectivity index is 1.13. The maximum atomic E-state index is 10.5. The zero-order valence-corrected chi connectivity index (χ0v) is 17.8. The molecule has 5 nitrogen and oxygen atoms in total. The summed E-state index contributed by atoms with van der Waals surface area (Å²) in [4.78, 5) is 4.97. The molecule has 0 bridgehead atoms. The highest BCUT2D eigenvalue weighted by Gasteiger charge is 2.24. The van der Waals surface area contributed by atoms with E-state index in [2.05, 4.69) is 34.1 Å². The molecule has 2 saturated heterocycles. The molecule has 1 aromatic carbocycles. The van der Waals surface area contributed by atoms with Crippen LogP contribution in [0.2, 0.25) is 0 Å². The number of piperidine rings is 1. The molecule has 0 spiro atoms. The normalized spacial score (nSPS) is 25.6. The molecule has 1 aromatic rings. The van der Waals surface area contributed by atoms with Crippen LogP contribution >= 0.6 is 0 Å². The molecule has 162 valence electrons. The summed E-state index contributed by atoms with van der Waals surface area (Å²) in [6, 6.07) is 8.61. The van der Waals surface area contributed by atoms with E-state index in [9.17, 15) is 5.11 Å². The fourth-order valence-electron chi connectivity index (χ4n) is 5.11. The van der Waals surface area contributed by atoms with Crippen molar-refractivity contribution in [3.8, 4) is 0 Å². The van der Waals surface area contributed by atoms with E-state index >= 15 is 0 Å². The number of likely N-dealkylation sites (tertiary alicyclic amines) is 1. The maximum Gasteiger partial charge on any atom is 0.0900 e. The lowest BCUT2D eigenvalue weighted by atomic mass is 9.89. The number of aliphatic hydroxyl groups is 1. The van der Waals surface area contributed by atoms with Gasteiger partial charge in [-0.25, -0.2) is 0 Å². The number of morpholine rings is 1. The maximum absolute atomic E-state index is 10.5. The fraction of sp³-hybridized carbons (Fsp3) is 0.750. The van der Waals surface area contributed by atoms with Crippen molar-refractivity contribution in [1.82, 2.24) is 9.80 Å². The Hall–Kier alpha value is -0.980. The van der Waals surface area contributed by atoms with Gasteiger partial charge in [-0.3, -0.25) is 4.90 Å². The smallest absolute Gasteiger partial charge is 0.0900 e. The lowest BCUT2D eigenvalue weighted by Gasteiger charge is -2.35. The van der Waals surface area contributed by atoms with Gasteiger partial charge in [-0.05, 0) is 75.2 Å². The van der Waals surface area contributed by atoms with Gasteiger partial charge in [0, 0.05) is 19.6 Å². The number of ether oxygens (including phenoxy) is 2. The van der Waals surface area contributed by atoms with Crippen LogP contribution in [0.5, 0.6) is 0 Å². The zero-order valence-electron chi connectivity index (χ0n) is 17.8. The van der Waals surface area contributed by atoms with Crippen LogP contribution in [0.25, 0.3) is 0 Å². The first kappa shape index (κ1) is 21.3. The Morgan fingerprint density at radius 3 is 2.66 bits per heavy atom. The first-order valence-corrected chi connectivity index (χ1v) is 11.7. The van der Waals surface area contributed by atoms with Crippen LogP contribution in [0.1, 0.15) is 49.3 Å². The van der Waals surface area contributed by atoms with Crippen LogP contribution in [0, 0.1) is 5.92 Å². The van der Waals surface area contributed by atoms with Gasteiger partial charge in [-0.15, -0.1) is 0 Å². The van der Waals surface area contributed by atoms with Gasteiger partial charge in [0.25, 0.3) is 0 Å². The lowest BCUT2D eigenvalue weighted by molar-refractivity contribution is -0.0312. The molecule has 1 aliphatic carbocycles. The fourth-order valence-corrected chi connectivity index (χ4v) is 5.11. The predicted molar refractivity (Wildman–Crippen MR) is 115 cm³/mol. The van der Waals surface area contributed by atoms with Crippen LogP contribution in [0.4, 0.5) is 0 Å². The van der Waals surface area contributed by atoms with E-state index < -0.39 is 6.10 Å². The summed E-state index contributed by atoms with van der Waals surface area (Å²) in [5.41, 5.74) is 2.74. The molecule has 2 heterocycles. The van der Waals surface area contributed by atoms with Crippen molar-refractivity contribution >= 4 is 0 Å². The number of β-amino-alcohol motifs (C(OH)–C–C–N with tert-alkyl or cyclic N) is 1. The van der Waals surface area contributed by atoms with E-state index in [1.807, 2.05) is 0 Å². The highest BCUT2D eigenvalue weighted by Crippen LogP contribution is 2.32. The summed E-state index contributed by atoms with van der Waals surface area (Å²) in [7, 11) is 0. The molecule has 3 aliphatic rings. The molecule has 2 aliphatic heterocycles. The number of fused-ring (bicyclic) bond motifs is 1. The molecule has 5 heteroatoms. The van der Waals surface area contributed by atoms with Gasteiger partial charge in [0.05, 0.1) is 32.0 Å². The molecule has 29 heavy (non-hydrogen) atoms. The Morgan fingerprint density at radius 2 is 1.83 bits per heavy atom. The molecule has 0 amide bonds. The topological polar surface area (TPSA) is 45.2 Å². The van der Waals surface area contributed by atoms with Crippen LogP contribution in [0.3, 0.4) is 0 Å². The van der Waals surface area contributed by atoms with Gasteiger partial charge in [0.15, 0.2) is 0 Å². The van der Waals surface area contributed by atoms with Crippen molar-refractivity contribution in [2.75, 3.05) is 59.1 Å². The van der Waals surface area contributed by atoms with E-state index in [1.165, 1.54) is 43.4 Å². The van der Waals surface area contributed by atoms with Crippen molar-refractivity contribution in [2.45, 2.75) is 50.7 Å². The molecule has 0 saturated carbocycles. The van der Waals surface area contributed by atoms with Crippen LogP contribution in [0.15, 0.2) is 24.3 Å². The number of nitrogens with zero attached hydrogens (tertiary/aromatic N) is 2. The van der Waals surface area contributed by atoms with E-state index in [0.717, 1.165) is 64.7 Å². The van der Waals surface area contributed by atoms with E-state index in [4.69, 9.17) is 9.47 Å². The highest BCUT2D eigenvalue weighted by molar-refractivity contribution is 5.31. The van der Waals surface area contributed by atoms with Gasteiger partial charge in [0.1, 0.15) is 0 Å². The second kappa shape index (κ2) is 10.9. The number of rotatable bonds is 8. The van der Waals surface area contributed by atoms with E-state index in [1.54, 1.807) is 0 Å². The third-order valence-electron chi connectivity index (χ3n) is 6.94. The minimum absolute atomic E-state index is 0.153. The molecule has 0 radical (unpaired) electrons. The Morgan fingerprint density at radius 1 is 1.03 bits per heavy atom. The van der Waals surface area contributed by atoms with Crippen molar-refractivity contribution in [3.63, 3.8) is 0 Å². The second-order valence-electron chi connectivity index (χ2n) is 9.05. The SMILES string of the molecule is OC(COC1CCCc2ccccc21)CN1CCC(CCN2CCOCC2)CC1. The van der Waals surface area contributed by atoms with Crippen molar-refractivity contribution in [1.29, 1.82) is 0 Å². The molecule has 1 N–H and O–H groups in total. The molecule has 2 fully saturated rings. The predicted octanol–water partition coefficient (Wildman–Crippen LogP) is 2.88. The number of hydrogen-bond donors (Lipinski definition) is 1. The number of aryl methyl sites for hydroxylation is 1. The Bertz CT molecular complexity index is 612. The van der Waals surface area contributed by atoms with Crippen molar-refractivity contribution in [2.24, 2.45) is 5.92 Å². The number of hydrogen-bond acceptors (Lipinski definition) is 5. The molecule has 2 unspecified atom stereocenters. The Kier molecular flexibility index (Phi) is 7.97. The summed E-state index contributed by atoms with van der Waals surface area (Å²) in [5, 5.41) is 10.5. The van der Waals surface area contributed by atoms with Gasteiger partial charge in [0.2, 0.25) is 0 Å². The third-order valence-corrected chi connectivity index (χ3v) is 6.94. The van der Waals surface area contributed by atoms with Gasteiger partial charge in [-0.1, -0.05) is 24.3 Å². The standard InChI is InChI=1S/C24H38N2O3/c27-22(19-29-24-7-3-5-21-4-1-2-6-23(21)24)18-26-12-9-20(10-13-26)8-11-25-14-16-28-17-15-25/h1-2,4,6,20,22,24,27H,3,5,7-19H2. The third kappa shape index (κ3) is 6.25. The average molecular weight is 403 g/mol. The summed E-state index contributed by atoms with van der Waals surface area (Å²) in [6.45, 7) is 8.59. The number of benzene rings is 1. The molecule has 4 rings (SSSR count). The van der Waals surface area contributed by atoms with Crippen LogP contribution in [-0.2, 0) is 15.9 Å². The van der Waals surface area contributed by atoms with Gasteiger partial charge < -0.3 is 19.5 Å². The van der Waals surface area contributed by atoms with Gasteiger partial charge in [-0.2, -0.15) is 0 Å². The Labute approximate surface area is 176 Å². The zero-order chi connectivity index (χ0) is 19.9. The van der Waals surface area contributed by atoms with Gasteiger partial charge >= 0.3 is 0 Å². The average Bonchev–Trinajstić information content (AvgIpc) is 2.78. The highest BCUT2D eigenvalue weighted by atomic mass is 16.5. The largest absolute Gasteiger partial charge is 0.389 e. The van der Waals surface area contributed by atoms with Crippen molar-refractivity contribution in [3.05, 3.63) is 35.4 Å². The second-order valence-corrected chi connectivity index (χ2v) is 9.05. The van der Waals surface area contributed by atoms with E-state index in [0.29, 0.717) is 6.61 Å². The minimum Gasteiger partial charge on any atom is -0.389 e. The summed E-state index contributed by atoms with van der Waals surface area (Å²) in [5.74, 6) is 0.834.